The Labute approximate surface area is 173 Å². The third-order valence-electron chi connectivity index (χ3n) is 4.43. The van der Waals surface area contributed by atoms with Crippen molar-refractivity contribution in [2.45, 2.75) is 20.3 Å². The molecule has 2 aromatic carbocycles. The highest BCUT2D eigenvalue weighted by atomic mass is 16.5. The van der Waals surface area contributed by atoms with Crippen molar-refractivity contribution >= 4 is 29.4 Å². The van der Waals surface area contributed by atoms with Gasteiger partial charge in [0.2, 0.25) is 0 Å². The van der Waals surface area contributed by atoms with Crippen LogP contribution in [0.2, 0.25) is 0 Å². The quantitative estimate of drug-likeness (QED) is 0.530. The van der Waals surface area contributed by atoms with Crippen LogP contribution in [0.4, 0.5) is 5.69 Å². The molecule has 0 aliphatic carbocycles. The molecule has 1 heterocycles. The summed E-state index contributed by atoms with van der Waals surface area (Å²) < 4.78 is 10.4. The minimum Gasteiger partial charge on any atom is -0.494 e. The standard InChI is InChI=1S/C22H22N2O6/c1-3-11-23-19(25)13-30-22(28)14-5-10-17-18(12-14)21(27)24(20(17)26)15-6-8-16(9-7-15)29-4-2/h5-10,12H,3-4,11,13H2,1-2H3,(H,23,25). The van der Waals surface area contributed by atoms with E-state index in [1.807, 2.05) is 13.8 Å². The van der Waals surface area contributed by atoms with Crippen LogP contribution >= 0.6 is 0 Å². The Morgan fingerprint density at radius 1 is 0.967 bits per heavy atom. The van der Waals surface area contributed by atoms with Crippen LogP contribution in [0.1, 0.15) is 51.3 Å². The van der Waals surface area contributed by atoms with Gasteiger partial charge in [-0.05, 0) is 55.8 Å². The minimum atomic E-state index is -0.746. The third kappa shape index (κ3) is 4.32. The van der Waals surface area contributed by atoms with Crippen LogP contribution in [-0.4, -0.2) is 43.4 Å². The molecule has 0 atom stereocenters. The molecule has 3 rings (SSSR count). The fourth-order valence-corrected chi connectivity index (χ4v) is 2.99. The lowest BCUT2D eigenvalue weighted by molar-refractivity contribution is -0.124. The molecule has 0 bridgehead atoms. The molecule has 1 aliphatic rings. The monoisotopic (exact) mass is 410 g/mol. The van der Waals surface area contributed by atoms with E-state index in [1.54, 1.807) is 24.3 Å². The van der Waals surface area contributed by atoms with Crippen molar-refractivity contribution in [3.8, 4) is 5.75 Å². The SMILES string of the molecule is CCCNC(=O)COC(=O)c1ccc2c(c1)C(=O)N(c1ccc(OCC)cc1)C2=O. The van der Waals surface area contributed by atoms with Gasteiger partial charge in [-0.25, -0.2) is 9.69 Å². The molecule has 1 N–H and O–H groups in total. The molecule has 3 amide bonds. The van der Waals surface area contributed by atoms with Crippen molar-refractivity contribution in [1.29, 1.82) is 0 Å². The smallest absolute Gasteiger partial charge is 0.338 e. The summed E-state index contributed by atoms with van der Waals surface area (Å²) in [5, 5.41) is 2.60. The number of nitrogens with one attached hydrogen (secondary N) is 1. The van der Waals surface area contributed by atoms with E-state index in [4.69, 9.17) is 9.47 Å². The molecule has 0 spiro atoms. The topological polar surface area (TPSA) is 102 Å². The highest BCUT2D eigenvalue weighted by Crippen LogP contribution is 2.30. The Balaban J connectivity index is 1.75. The van der Waals surface area contributed by atoms with Gasteiger partial charge < -0.3 is 14.8 Å². The summed E-state index contributed by atoms with van der Waals surface area (Å²) in [7, 11) is 0. The molecule has 156 valence electrons. The predicted octanol–water partition coefficient (Wildman–Crippen LogP) is 2.57. The van der Waals surface area contributed by atoms with Crippen LogP contribution < -0.4 is 15.0 Å². The molecule has 0 radical (unpaired) electrons. The van der Waals surface area contributed by atoms with Gasteiger partial charge in [0.05, 0.1) is 29.0 Å². The molecule has 0 aromatic heterocycles. The highest BCUT2D eigenvalue weighted by Gasteiger charge is 2.37. The van der Waals surface area contributed by atoms with Crippen LogP contribution in [0.25, 0.3) is 0 Å². The molecule has 0 saturated heterocycles. The molecule has 0 unspecified atom stereocenters. The molecule has 8 nitrogen and oxygen atoms in total. The fourth-order valence-electron chi connectivity index (χ4n) is 2.99. The van der Waals surface area contributed by atoms with Gasteiger partial charge in [0.25, 0.3) is 17.7 Å². The van der Waals surface area contributed by atoms with Crippen LogP contribution in [0.15, 0.2) is 42.5 Å². The first kappa shape index (κ1) is 21.0. The summed E-state index contributed by atoms with van der Waals surface area (Å²) in [5.74, 6) is -1.53. The summed E-state index contributed by atoms with van der Waals surface area (Å²) in [6.45, 7) is 4.35. The second kappa shape index (κ2) is 9.21. The van der Waals surface area contributed by atoms with Crippen molar-refractivity contribution in [2.24, 2.45) is 0 Å². The number of imide groups is 1. The van der Waals surface area contributed by atoms with E-state index in [1.165, 1.54) is 18.2 Å². The first-order chi connectivity index (χ1) is 14.5. The lowest BCUT2D eigenvalue weighted by Gasteiger charge is -2.14. The maximum atomic E-state index is 12.8. The van der Waals surface area contributed by atoms with Crippen molar-refractivity contribution in [2.75, 3.05) is 24.7 Å². The van der Waals surface area contributed by atoms with Gasteiger partial charge in [0.15, 0.2) is 6.61 Å². The average Bonchev–Trinajstić information content (AvgIpc) is 3.01. The Morgan fingerprint density at radius 2 is 1.67 bits per heavy atom. The van der Waals surface area contributed by atoms with Crippen molar-refractivity contribution < 1.29 is 28.7 Å². The Kier molecular flexibility index (Phi) is 6.46. The zero-order valence-electron chi connectivity index (χ0n) is 16.8. The minimum absolute atomic E-state index is 0.0896. The zero-order chi connectivity index (χ0) is 21.7. The average molecular weight is 410 g/mol. The number of fused-ring (bicyclic) bond motifs is 1. The molecular formula is C22H22N2O6. The van der Waals surface area contributed by atoms with Crippen LogP contribution in [0.5, 0.6) is 5.75 Å². The van der Waals surface area contributed by atoms with E-state index in [9.17, 15) is 19.2 Å². The number of anilines is 1. The molecule has 0 fully saturated rings. The highest BCUT2D eigenvalue weighted by molar-refractivity contribution is 6.34. The maximum absolute atomic E-state index is 12.8. The van der Waals surface area contributed by atoms with E-state index >= 15 is 0 Å². The lowest BCUT2D eigenvalue weighted by Crippen LogP contribution is -2.29. The predicted molar refractivity (Wildman–Crippen MR) is 109 cm³/mol. The third-order valence-corrected chi connectivity index (χ3v) is 4.43. The van der Waals surface area contributed by atoms with Gasteiger partial charge in [-0.2, -0.15) is 0 Å². The summed E-state index contributed by atoms with van der Waals surface area (Å²) >= 11 is 0. The molecule has 30 heavy (non-hydrogen) atoms. The van der Waals surface area contributed by atoms with E-state index in [0.29, 0.717) is 24.6 Å². The van der Waals surface area contributed by atoms with Crippen molar-refractivity contribution in [3.05, 3.63) is 59.2 Å². The van der Waals surface area contributed by atoms with E-state index in [0.717, 1.165) is 11.3 Å². The molecule has 0 saturated carbocycles. The van der Waals surface area contributed by atoms with E-state index in [2.05, 4.69) is 5.32 Å². The molecular weight excluding hydrogens is 388 g/mol. The molecule has 1 aliphatic heterocycles. The number of nitrogens with zero attached hydrogens (tertiary/aromatic N) is 1. The van der Waals surface area contributed by atoms with Gasteiger partial charge >= 0.3 is 5.97 Å². The summed E-state index contributed by atoms with van der Waals surface area (Å²) in [4.78, 5) is 50.4. The molecule has 8 heteroatoms. The second-order valence-electron chi connectivity index (χ2n) is 6.56. The Bertz CT molecular complexity index is 984. The van der Waals surface area contributed by atoms with Gasteiger partial charge in [-0.1, -0.05) is 6.92 Å². The first-order valence-electron chi connectivity index (χ1n) is 9.65. The fraction of sp³-hybridized carbons (Fsp3) is 0.273. The van der Waals surface area contributed by atoms with Crippen molar-refractivity contribution in [3.63, 3.8) is 0 Å². The largest absolute Gasteiger partial charge is 0.494 e. The van der Waals surface area contributed by atoms with Gasteiger partial charge in [-0.15, -0.1) is 0 Å². The number of carbonyl (C=O) groups is 4. The Morgan fingerprint density at radius 3 is 2.33 bits per heavy atom. The number of amides is 3. The zero-order valence-corrected chi connectivity index (χ0v) is 16.8. The van der Waals surface area contributed by atoms with Crippen LogP contribution in [0.3, 0.4) is 0 Å². The van der Waals surface area contributed by atoms with Crippen LogP contribution in [-0.2, 0) is 9.53 Å². The number of esters is 1. The summed E-state index contributed by atoms with van der Waals surface area (Å²) in [6, 6.07) is 10.7. The number of hydrogen-bond acceptors (Lipinski definition) is 6. The first-order valence-corrected chi connectivity index (χ1v) is 9.65. The number of benzene rings is 2. The summed E-state index contributed by atoms with van der Waals surface area (Å²) in [6.07, 6.45) is 0.769. The van der Waals surface area contributed by atoms with Gasteiger partial charge in [-0.3, -0.25) is 14.4 Å². The number of hydrogen-bond donors (Lipinski definition) is 1. The second-order valence-corrected chi connectivity index (χ2v) is 6.56. The van der Waals surface area contributed by atoms with E-state index < -0.39 is 30.3 Å². The van der Waals surface area contributed by atoms with Gasteiger partial charge in [0, 0.05) is 6.54 Å². The maximum Gasteiger partial charge on any atom is 0.338 e. The Hall–Kier alpha value is -3.68. The molecule has 2 aromatic rings. The lowest BCUT2D eigenvalue weighted by atomic mass is 10.1. The normalized spacial score (nSPS) is 12.5. The number of ether oxygens (including phenoxy) is 2. The van der Waals surface area contributed by atoms with Crippen molar-refractivity contribution in [1.82, 2.24) is 5.32 Å². The van der Waals surface area contributed by atoms with Crippen LogP contribution in [0, 0.1) is 0 Å². The van der Waals surface area contributed by atoms with Gasteiger partial charge in [0.1, 0.15) is 5.75 Å². The van der Waals surface area contributed by atoms with E-state index in [-0.39, 0.29) is 16.7 Å². The number of carbonyl (C=O) groups excluding carboxylic acids is 4. The summed E-state index contributed by atoms with van der Waals surface area (Å²) in [5.41, 5.74) is 0.804. The number of rotatable bonds is 8.